The minimum Gasteiger partial charge on any atom is -0.155 e. The van der Waals surface area contributed by atoms with E-state index in [-0.39, 0.29) is 0 Å². The molecule has 1 fully saturated rings. The van der Waals surface area contributed by atoms with Gasteiger partial charge in [-0.2, -0.15) is 11.8 Å². The molecule has 1 heterocycles. The van der Waals surface area contributed by atoms with Gasteiger partial charge in [0, 0.05) is 10.5 Å². The van der Waals surface area contributed by atoms with Crippen LogP contribution in [0.4, 0.5) is 0 Å². The lowest BCUT2D eigenvalue weighted by Gasteiger charge is -2.08. The molecule has 19 heavy (non-hydrogen) atoms. The van der Waals surface area contributed by atoms with Gasteiger partial charge in [0.25, 0.3) is 0 Å². The fourth-order valence-electron chi connectivity index (χ4n) is 3.13. The SMILES string of the molecule is CCCCCCCCCCCCCC1CCC(C)S1. The molecule has 0 radical (unpaired) electrons. The van der Waals surface area contributed by atoms with Gasteiger partial charge < -0.3 is 0 Å². The molecule has 0 aliphatic carbocycles. The van der Waals surface area contributed by atoms with Gasteiger partial charge in [0.05, 0.1) is 0 Å². The number of rotatable bonds is 12. The lowest BCUT2D eigenvalue weighted by atomic mass is 10.0. The summed E-state index contributed by atoms with van der Waals surface area (Å²) in [5.74, 6) is 0. The average molecular weight is 285 g/mol. The fraction of sp³-hybridized carbons (Fsp3) is 1.00. The van der Waals surface area contributed by atoms with Crippen molar-refractivity contribution in [2.24, 2.45) is 0 Å². The fourth-order valence-corrected chi connectivity index (χ4v) is 4.64. The van der Waals surface area contributed by atoms with Crippen LogP contribution in [0.5, 0.6) is 0 Å². The maximum Gasteiger partial charge on any atom is 0.00501 e. The smallest absolute Gasteiger partial charge is 0.00501 e. The van der Waals surface area contributed by atoms with E-state index < -0.39 is 0 Å². The van der Waals surface area contributed by atoms with Crippen LogP contribution in [0.15, 0.2) is 0 Å². The summed E-state index contributed by atoms with van der Waals surface area (Å²) in [6.45, 7) is 4.69. The molecule has 114 valence electrons. The quantitative estimate of drug-likeness (QED) is 0.349. The Morgan fingerprint density at radius 2 is 1.26 bits per heavy atom. The first-order valence-corrected chi connectivity index (χ1v) is 9.92. The van der Waals surface area contributed by atoms with Gasteiger partial charge in [-0.3, -0.25) is 0 Å². The van der Waals surface area contributed by atoms with E-state index in [0.717, 1.165) is 10.5 Å². The summed E-state index contributed by atoms with van der Waals surface area (Å²) < 4.78 is 0. The van der Waals surface area contributed by atoms with Crippen molar-refractivity contribution in [2.45, 2.75) is 114 Å². The minimum absolute atomic E-state index is 0.942. The van der Waals surface area contributed by atoms with Crippen molar-refractivity contribution in [3.05, 3.63) is 0 Å². The minimum atomic E-state index is 0.942. The molecule has 0 amide bonds. The molecule has 1 aliphatic rings. The highest BCUT2D eigenvalue weighted by Gasteiger charge is 2.20. The second-order valence-electron chi connectivity index (χ2n) is 6.47. The molecule has 0 aromatic heterocycles. The van der Waals surface area contributed by atoms with Crippen molar-refractivity contribution >= 4 is 11.8 Å². The van der Waals surface area contributed by atoms with Gasteiger partial charge in [0.15, 0.2) is 0 Å². The third-order valence-electron chi connectivity index (χ3n) is 4.45. The van der Waals surface area contributed by atoms with Gasteiger partial charge in [-0.1, -0.05) is 84.5 Å². The summed E-state index contributed by atoms with van der Waals surface area (Å²) >= 11 is 2.25. The first-order valence-electron chi connectivity index (χ1n) is 8.98. The summed E-state index contributed by atoms with van der Waals surface area (Å²) in [5, 5.41) is 1.95. The normalized spacial score (nSPS) is 23.1. The Bertz CT molecular complexity index is 190. The van der Waals surface area contributed by atoms with Crippen LogP contribution in [0.2, 0.25) is 0 Å². The Balaban J connectivity index is 1.72. The lowest BCUT2D eigenvalue weighted by molar-refractivity contribution is 0.539. The van der Waals surface area contributed by atoms with Crippen LogP contribution in [0.1, 0.15) is 104 Å². The van der Waals surface area contributed by atoms with Gasteiger partial charge in [0.1, 0.15) is 0 Å². The number of hydrogen-bond donors (Lipinski definition) is 0. The van der Waals surface area contributed by atoms with Gasteiger partial charge in [-0.05, 0) is 19.3 Å². The lowest BCUT2D eigenvalue weighted by Crippen LogP contribution is -1.96. The van der Waals surface area contributed by atoms with Crippen LogP contribution >= 0.6 is 11.8 Å². The molecule has 0 N–H and O–H groups in total. The van der Waals surface area contributed by atoms with E-state index in [4.69, 9.17) is 0 Å². The topological polar surface area (TPSA) is 0 Å². The number of unbranched alkanes of at least 4 members (excludes halogenated alkanes) is 10. The molecular formula is C18H36S. The molecule has 1 rings (SSSR count). The van der Waals surface area contributed by atoms with Crippen molar-refractivity contribution in [1.29, 1.82) is 0 Å². The second-order valence-corrected chi connectivity index (χ2v) is 8.21. The van der Waals surface area contributed by atoms with Crippen molar-refractivity contribution in [3.63, 3.8) is 0 Å². The van der Waals surface area contributed by atoms with E-state index in [1.54, 1.807) is 0 Å². The van der Waals surface area contributed by atoms with E-state index in [1.165, 1.54) is 89.9 Å². The van der Waals surface area contributed by atoms with Crippen molar-refractivity contribution in [2.75, 3.05) is 0 Å². The summed E-state index contributed by atoms with van der Waals surface area (Å²) in [6.07, 6.45) is 20.6. The summed E-state index contributed by atoms with van der Waals surface area (Å²) in [7, 11) is 0. The third kappa shape index (κ3) is 9.82. The number of thioether (sulfide) groups is 1. The molecule has 0 bridgehead atoms. The zero-order chi connectivity index (χ0) is 13.8. The third-order valence-corrected chi connectivity index (χ3v) is 6.01. The van der Waals surface area contributed by atoms with Crippen LogP contribution in [-0.4, -0.2) is 10.5 Å². The maximum atomic E-state index is 2.39. The molecule has 0 spiro atoms. The van der Waals surface area contributed by atoms with E-state index in [2.05, 4.69) is 25.6 Å². The zero-order valence-electron chi connectivity index (χ0n) is 13.5. The van der Waals surface area contributed by atoms with Crippen LogP contribution in [0.25, 0.3) is 0 Å². The Kier molecular flexibility index (Phi) is 11.1. The second kappa shape index (κ2) is 12.1. The molecule has 1 heteroatoms. The maximum absolute atomic E-state index is 2.39. The Hall–Kier alpha value is 0.350. The molecule has 1 saturated heterocycles. The predicted molar refractivity (Wildman–Crippen MR) is 91.2 cm³/mol. The summed E-state index contributed by atoms with van der Waals surface area (Å²) in [6, 6.07) is 0. The Morgan fingerprint density at radius 3 is 1.74 bits per heavy atom. The molecule has 0 saturated carbocycles. The van der Waals surface area contributed by atoms with Crippen LogP contribution in [-0.2, 0) is 0 Å². The van der Waals surface area contributed by atoms with E-state index in [0.29, 0.717) is 0 Å². The largest absolute Gasteiger partial charge is 0.155 e. The predicted octanol–water partition coefficient (Wildman–Crippen LogP) is 6.97. The van der Waals surface area contributed by atoms with Gasteiger partial charge >= 0.3 is 0 Å². The van der Waals surface area contributed by atoms with Gasteiger partial charge in [-0.15, -0.1) is 0 Å². The van der Waals surface area contributed by atoms with Crippen LogP contribution in [0, 0.1) is 0 Å². The first kappa shape index (κ1) is 17.4. The highest BCUT2D eigenvalue weighted by molar-refractivity contribution is 8.00. The molecule has 0 nitrogen and oxygen atoms in total. The van der Waals surface area contributed by atoms with Crippen molar-refractivity contribution < 1.29 is 0 Å². The Labute approximate surface area is 126 Å². The number of hydrogen-bond acceptors (Lipinski definition) is 1. The molecule has 0 aromatic carbocycles. The summed E-state index contributed by atoms with van der Waals surface area (Å²) in [5.41, 5.74) is 0. The van der Waals surface area contributed by atoms with Gasteiger partial charge in [-0.25, -0.2) is 0 Å². The first-order chi connectivity index (χ1) is 9.33. The Morgan fingerprint density at radius 1 is 0.737 bits per heavy atom. The standard InChI is InChI=1S/C18H36S/c1-3-4-5-6-7-8-9-10-11-12-13-14-18-16-15-17(2)19-18/h17-18H,3-16H2,1-2H3. The van der Waals surface area contributed by atoms with E-state index >= 15 is 0 Å². The van der Waals surface area contributed by atoms with E-state index in [1.807, 2.05) is 0 Å². The van der Waals surface area contributed by atoms with Crippen LogP contribution in [0.3, 0.4) is 0 Å². The van der Waals surface area contributed by atoms with Crippen molar-refractivity contribution in [1.82, 2.24) is 0 Å². The highest BCUT2D eigenvalue weighted by atomic mass is 32.2. The monoisotopic (exact) mass is 284 g/mol. The van der Waals surface area contributed by atoms with Crippen LogP contribution < -0.4 is 0 Å². The molecule has 1 aliphatic heterocycles. The average Bonchev–Trinajstić information content (AvgIpc) is 2.82. The summed E-state index contributed by atoms with van der Waals surface area (Å²) in [4.78, 5) is 0. The van der Waals surface area contributed by atoms with Gasteiger partial charge in [0.2, 0.25) is 0 Å². The molecule has 2 unspecified atom stereocenters. The molecule has 2 atom stereocenters. The zero-order valence-corrected chi connectivity index (χ0v) is 14.3. The molecule has 0 aromatic rings. The highest BCUT2D eigenvalue weighted by Crippen LogP contribution is 2.36. The van der Waals surface area contributed by atoms with E-state index in [9.17, 15) is 0 Å². The molecular weight excluding hydrogens is 248 g/mol. The van der Waals surface area contributed by atoms with Crippen molar-refractivity contribution in [3.8, 4) is 0 Å².